The molecule has 2 N–H and O–H groups in total. The maximum atomic E-state index is 14.4. The molecule has 0 unspecified atom stereocenters. The molecule has 0 saturated carbocycles. The molecule has 0 radical (unpaired) electrons. The van der Waals surface area contributed by atoms with Crippen LogP contribution in [0, 0.1) is 12.7 Å². The second-order valence-electron chi connectivity index (χ2n) is 4.44. The van der Waals surface area contributed by atoms with Crippen molar-refractivity contribution in [2.45, 2.75) is 6.92 Å². The zero-order valence-electron chi connectivity index (χ0n) is 10.4. The van der Waals surface area contributed by atoms with Crippen molar-refractivity contribution in [1.29, 1.82) is 0 Å². The first-order valence-corrected chi connectivity index (χ1v) is 5.91. The van der Waals surface area contributed by atoms with Gasteiger partial charge in [-0.2, -0.15) is 0 Å². The van der Waals surface area contributed by atoms with Crippen molar-refractivity contribution in [3.8, 4) is 11.1 Å². The van der Waals surface area contributed by atoms with Gasteiger partial charge in [0.1, 0.15) is 0 Å². The highest BCUT2D eigenvalue weighted by Gasteiger charge is 2.14. The third-order valence-corrected chi connectivity index (χ3v) is 3.25. The smallest absolute Gasteiger partial charge is 0.154 e. The highest BCUT2D eigenvalue weighted by Crippen LogP contribution is 2.33. The van der Waals surface area contributed by atoms with Crippen molar-refractivity contribution in [3.63, 3.8) is 0 Å². The van der Waals surface area contributed by atoms with E-state index in [2.05, 4.69) is 9.97 Å². The number of nitrogens with zero attached hydrogens (tertiary/aromatic N) is 2. The second kappa shape index (κ2) is 4.31. The van der Waals surface area contributed by atoms with Gasteiger partial charge in [0.25, 0.3) is 0 Å². The molecule has 0 saturated heterocycles. The van der Waals surface area contributed by atoms with Crippen LogP contribution in [-0.4, -0.2) is 9.97 Å². The second-order valence-corrected chi connectivity index (χ2v) is 4.44. The SMILES string of the molecule is Cc1ccncc1-c1cc2ccncc2c(N)c1F. The summed E-state index contributed by atoms with van der Waals surface area (Å²) in [5.41, 5.74) is 8.19. The summed E-state index contributed by atoms with van der Waals surface area (Å²) in [4.78, 5) is 8.03. The van der Waals surface area contributed by atoms with Gasteiger partial charge in [-0.1, -0.05) is 0 Å². The summed E-state index contributed by atoms with van der Waals surface area (Å²) in [6.07, 6.45) is 6.58. The number of hydrogen-bond acceptors (Lipinski definition) is 3. The van der Waals surface area contributed by atoms with Gasteiger partial charge in [0.05, 0.1) is 5.69 Å². The Balaban J connectivity index is 2.37. The van der Waals surface area contributed by atoms with E-state index in [9.17, 15) is 4.39 Å². The van der Waals surface area contributed by atoms with Gasteiger partial charge < -0.3 is 5.73 Å². The Labute approximate surface area is 109 Å². The van der Waals surface area contributed by atoms with Crippen molar-refractivity contribution in [3.05, 3.63) is 54.4 Å². The van der Waals surface area contributed by atoms with Crippen molar-refractivity contribution in [2.24, 2.45) is 0 Å². The number of fused-ring (bicyclic) bond motifs is 1. The fourth-order valence-corrected chi connectivity index (χ4v) is 2.18. The summed E-state index contributed by atoms with van der Waals surface area (Å²) in [5, 5.41) is 1.50. The molecule has 1 aromatic carbocycles. The molecule has 2 heterocycles. The molecule has 0 aliphatic heterocycles. The van der Waals surface area contributed by atoms with Crippen molar-refractivity contribution in [1.82, 2.24) is 9.97 Å². The molecule has 4 heteroatoms. The standard InChI is InChI=1S/C15H12FN3/c1-9-2-4-18-7-12(9)11-6-10-3-5-19-8-13(10)15(17)14(11)16/h2-8H,17H2,1H3. The summed E-state index contributed by atoms with van der Waals surface area (Å²) in [6, 6.07) is 5.45. The Bertz CT molecular complexity index is 768. The highest BCUT2D eigenvalue weighted by molar-refractivity contribution is 5.96. The molecular weight excluding hydrogens is 241 g/mol. The number of pyridine rings is 2. The third-order valence-electron chi connectivity index (χ3n) is 3.25. The number of nitrogen functional groups attached to an aromatic ring is 1. The van der Waals surface area contributed by atoms with Gasteiger partial charge in [-0.15, -0.1) is 0 Å². The van der Waals surface area contributed by atoms with E-state index >= 15 is 0 Å². The minimum Gasteiger partial charge on any atom is -0.396 e. The van der Waals surface area contributed by atoms with E-state index in [1.807, 2.05) is 19.1 Å². The van der Waals surface area contributed by atoms with Crippen LogP contribution in [0.4, 0.5) is 10.1 Å². The zero-order chi connectivity index (χ0) is 13.4. The number of aromatic nitrogens is 2. The zero-order valence-corrected chi connectivity index (χ0v) is 10.4. The van der Waals surface area contributed by atoms with E-state index < -0.39 is 5.82 Å². The van der Waals surface area contributed by atoms with Crippen LogP contribution in [0.1, 0.15) is 5.56 Å². The maximum Gasteiger partial charge on any atom is 0.154 e. The predicted molar refractivity (Wildman–Crippen MR) is 74.1 cm³/mol. The minimum atomic E-state index is -0.420. The molecule has 19 heavy (non-hydrogen) atoms. The summed E-state index contributed by atoms with van der Waals surface area (Å²) >= 11 is 0. The number of halogens is 1. The van der Waals surface area contributed by atoms with E-state index in [1.54, 1.807) is 30.9 Å². The first-order valence-electron chi connectivity index (χ1n) is 5.91. The van der Waals surface area contributed by atoms with Crippen LogP contribution in [0.2, 0.25) is 0 Å². The van der Waals surface area contributed by atoms with Crippen LogP contribution in [0.3, 0.4) is 0 Å². The van der Waals surface area contributed by atoms with E-state index in [4.69, 9.17) is 5.73 Å². The summed E-state index contributed by atoms with van der Waals surface area (Å²) in [5.74, 6) is -0.420. The number of nitrogens with two attached hydrogens (primary N) is 1. The molecule has 0 atom stereocenters. The lowest BCUT2D eigenvalue weighted by Gasteiger charge is -2.11. The van der Waals surface area contributed by atoms with Gasteiger partial charge in [-0.05, 0) is 36.1 Å². The first-order chi connectivity index (χ1) is 9.18. The number of hydrogen-bond donors (Lipinski definition) is 1. The molecule has 0 spiro atoms. The van der Waals surface area contributed by atoms with Gasteiger partial charge in [-0.3, -0.25) is 9.97 Å². The van der Waals surface area contributed by atoms with E-state index in [0.29, 0.717) is 10.9 Å². The average molecular weight is 253 g/mol. The lowest BCUT2D eigenvalue weighted by Crippen LogP contribution is -1.97. The molecule has 3 rings (SSSR count). The molecule has 3 aromatic rings. The Morgan fingerprint density at radius 2 is 1.79 bits per heavy atom. The number of benzene rings is 1. The predicted octanol–water partition coefficient (Wildman–Crippen LogP) is 3.33. The van der Waals surface area contributed by atoms with E-state index in [0.717, 1.165) is 16.5 Å². The number of rotatable bonds is 1. The largest absolute Gasteiger partial charge is 0.396 e. The lowest BCUT2D eigenvalue weighted by atomic mass is 9.98. The first kappa shape index (κ1) is 11.6. The molecule has 3 nitrogen and oxygen atoms in total. The Hall–Kier alpha value is -2.49. The van der Waals surface area contributed by atoms with Crippen LogP contribution >= 0.6 is 0 Å². The molecule has 0 amide bonds. The molecule has 0 aliphatic carbocycles. The van der Waals surface area contributed by atoms with E-state index in [1.165, 1.54) is 0 Å². The van der Waals surface area contributed by atoms with Crippen LogP contribution in [0.5, 0.6) is 0 Å². The fraction of sp³-hybridized carbons (Fsp3) is 0.0667. The highest BCUT2D eigenvalue weighted by atomic mass is 19.1. The average Bonchev–Trinajstić information content (AvgIpc) is 2.44. The quantitative estimate of drug-likeness (QED) is 0.677. The summed E-state index contributed by atoms with van der Waals surface area (Å²) in [6.45, 7) is 1.92. The van der Waals surface area contributed by atoms with Gasteiger partial charge in [-0.25, -0.2) is 4.39 Å². The van der Waals surface area contributed by atoms with Crippen molar-refractivity contribution < 1.29 is 4.39 Å². The van der Waals surface area contributed by atoms with Crippen LogP contribution in [-0.2, 0) is 0 Å². The molecular formula is C15H12FN3. The van der Waals surface area contributed by atoms with Gasteiger partial charge in [0, 0.05) is 41.3 Å². The topological polar surface area (TPSA) is 51.8 Å². The lowest BCUT2D eigenvalue weighted by molar-refractivity contribution is 0.637. The third kappa shape index (κ3) is 1.81. The Morgan fingerprint density at radius 3 is 2.58 bits per heavy atom. The number of anilines is 1. The monoisotopic (exact) mass is 253 g/mol. The molecule has 0 aliphatic rings. The molecule has 0 fully saturated rings. The summed E-state index contributed by atoms with van der Waals surface area (Å²) < 4.78 is 14.4. The molecule has 94 valence electrons. The number of aryl methyl sites for hydroxylation is 1. The Morgan fingerprint density at radius 1 is 1.05 bits per heavy atom. The van der Waals surface area contributed by atoms with Gasteiger partial charge in [0.2, 0.25) is 0 Å². The van der Waals surface area contributed by atoms with Crippen LogP contribution in [0.15, 0.2) is 43.0 Å². The normalized spacial score (nSPS) is 10.8. The minimum absolute atomic E-state index is 0.129. The van der Waals surface area contributed by atoms with Crippen LogP contribution in [0.25, 0.3) is 21.9 Å². The fourth-order valence-electron chi connectivity index (χ4n) is 2.18. The molecule has 2 aromatic heterocycles. The van der Waals surface area contributed by atoms with Crippen molar-refractivity contribution >= 4 is 16.5 Å². The molecule has 0 bridgehead atoms. The maximum absolute atomic E-state index is 14.4. The van der Waals surface area contributed by atoms with Crippen LogP contribution < -0.4 is 5.73 Å². The van der Waals surface area contributed by atoms with Gasteiger partial charge >= 0.3 is 0 Å². The van der Waals surface area contributed by atoms with Gasteiger partial charge in [0.15, 0.2) is 5.82 Å². The van der Waals surface area contributed by atoms with Crippen molar-refractivity contribution in [2.75, 3.05) is 5.73 Å². The van der Waals surface area contributed by atoms with E-state index in [-0.39, 0.29) is 5.69 Å². The summed E-state index contributed by atoms with van der Waals surface area (Å²) in [7, 11) is 0. The Kier molecular flexibility index (Phi) is 2.63.